The molecule has 0 bridgehead atoms. The molecule has 0 aliphatic heterocycles. The normalized spacial score (nSPS) is 28.3. The maximum Gasteiger partial charge on any atom is 0.0524 e. The zero-order valence-electron chi connectivity index (χ0n) is 14.9. The summed E-state index contributed by atoms with van der Waals surface area (Å²) in [6.07, 6.45) is 5.98. The fraction of sp³-hybridized carbons (Fsp3) is 1.00. The Hall–Kier alpha value is -0.120. The molecule has 0 aromatic heterocycles. The molecule has 21 heavy (non-hydrogen) atoms. The molecule has 1 aliphatic rings. The molecule has 2 N–H and O–H groups in total. The standard InChI is InChI=1S/C18H38N2O/c1-6-10-19-18-8-7-16(14(2)3)12-17(18)13-20(5)11-9-15(4)21/h14-19,21H,6-13H2,1-5H3. The van der Waals surface area contributed by atoms with E-state index in [1.807, 2.05) is 6.92 Å². The fourth-order valence-electron chi connectivity index (χ4n) is 3.60. The number of hydrogen-bond acceptors (Lipinski definition) is 3. The van der Waals surface area contributed by atoms with Crippen molar-refractivity contribution in [2.75, 3.05) is 26.7 Å². The minimum Gasteiger partial charge on any atom is -0.393 e. The summed E-state index contributed by atoms with van der Waals surface area (Å²) in [7, 11) is 2.21. The van der Waals surface area contributed by atoms with Gasteiger partial charge in [0, 0.05) is 19.1 Å². The van der Waals surface area contributed by atoms with Gasteiger partial charge in [0.1, 0.15) is 0 Å². The van der Waals surface area contributed by atoms with E-state index in [4.69, 9.17) is 0 Å². The summed E-state index contributed by atoms with van der Waals surface area (Å²) in [5, 5.41) is 13.2. The molecular formula is C18H38N2O. The highest BCUT2D eigenvalue weighted by atomic mass is 16.3. The van der Waals surface area contributed by atoms with Crippen molar-refractivity contribution >= 4 is 0 Å². The Morgan fingerprint density at radius 3 is 2.52 bits per heavy atom. The molecule has 1 saturated carbocycles. The lowest BCUT2D eigenvalue weighted by Gasteiger charge is -2.40. The zero-order valence-corrected chi connectivity index (χ0v) is 14.9. The van der Waals surface area contributed by atoms with Gasteiger partial charge in [0.25, 0.3) is 0 Å². The van der Waals surface area contributed by atoms with E-state index >= 15 is 0 Å². The van der Waals surface area contributed by atoms with Gasteiger partial charge in [-0.1, -0.05) is 20.8 Å². The summed E-state index contributed by atoms with van der Waals surface area (Å²) in [5.41, 5.74) is 0. The lowest BCUT2D eigenvalue weighted by Crippen LogP contribution is -2.46. The first kappa shape index (κ1) is 18.9. The number of nitrogens with zero attached hydrogens (tertiary/aromatic N) is 1. The Morgan fingerprint density at radius 1 is 1.24 bits per heavy atom. The van der Waals surface area contributed by atoms with Gasteiger partial charge >= 0.3 is 0 Å². The van der Waals surface area contributed by atoms with Crippen LogP contribution in [0.3, 0.4) is 0 Å². The highest BCUT2D eigenvalue weighted by molar-refractivity contribution is 4.87. The monoisotopic (exact) mass is 298 g/mol. The largest absolute Gasteiger partial charge is 0.393 e. The van der Waals surface area contributed by atoms with Crippen molar-refractivity contribution in [3.05, 3.63) is 0 Å². The Balaban J connectivity index is 2.52. The average molecular weight is 299 g/mol. The first-order valence-corrected chi connectivity index (χ1v) is 9.04. The van der Waals surface area contributed by atoms with Gasteiger partial charge < -0.3 is 15.3 Å². The van der Waals surface area contributed by atoms with E-state index in [-0.39, 0.29) is 6.10 Å². The van der Waals surface area contributed by atoms with Crippen LogP contribution in [-0.4, -0.2) is 48.8 Å². The van der Waals surface area contributed by atoms with Gasteiger partial charge in [-0.15, -0.1) is 0 Å². The average Bonchev–Trinajstić information content (AvgIpc) is 2.43. The van der Waals surface area contributed by atoms with E-state index in [1.165, 1.54) is 25.7 Å². The van der Waals surface area contributed by atoms with Gasteiger partial charge in [-0.3, -0.25) is 0 Å². The van der Waals surface area contributed by atoms with E-state index in [2.05, 4.69) is 38.0 Å². The van der Waals surface area contributed by atoms with Gasteiger partial charge in [0.2, 0.25) is 0 Å². The fourth-order valence-corrected chi connectivity index (χ4v) is 3.60. The minimum absolute atomic E-state index is 0.184. The molecule has 0 aromatic carbocycles. The number of nitrogens with one attached hydrogen (secondary N) is 1. The van der Waals surface area contributed by atoms with Crippen LogP contribution in [0.2, 0.25) is 0 Å². The second kappa shape index (κ2) is 9.81. The first-order chi connectivity index (χ1) is 9.93. The summed E-state index contributed by atoms with van der Waals surface area (Å²) in [6.45, 7) is 12.2. The predicted molar refractivity (Wildman–Crippen MR) is 91.5 cm³/mol. The van der Waals surface area contributed by atoms with Gasteiger partial charge in [0.15, 0.2) is 0 Å². The van der Waals surface area contributed by atoms with Crippen molar-refractivity contribution in [2.24, 2.45) is 17.8 Å². The first-order valence-electron chi connectivity index (χ1n) is 9.04. The smallest absolute Gasteiger partial charge is 0.0524 e. The Morgan fingerprint density at radius 2 is 1.95 bits per heavy atom. The van der Waals surface area contributed by atoms with Gasteiger partial charge in [-0.25, -0.2) is 0 Å². The van der Waals surface area contributed by atoms with Crippen molar-refractivity contribution in [3.63, 3.8) is 0 Å². The molecule has 0 aromatic rings. The molecule has 1 fully saturated rings. The topological polar surface area (TPSA) is 35.5 Å². The molecule has 0 heterocycles. The van der Waals surface area contributed by atoms with Crippen molar-refractivity contribution in [1.82, 2.24) is 10.2 Å². The van der Waals surface area contributed by atoms with Gasteiger partial charge in [-0.2, -0.15) is 0 Å². The molecule has 0 saturated heterocycles. The highest BCUT2D eigenvalue weighted by Crippen LogP contribution is 2.34. The lowest BCUT2D eigenvalue weighted by atomic mass is 9.73. The van der Waals surface area contributed by atoms with Crippen LogP contribution >= 0.6 is 0 Å². The van der Waals surface area contributed by atoms with Crippen LogP contribution in [0, 0.1) is 17.8 Å². The third kappa shape index (κ3) is 7.12. The molecule has 3 heteroatoms. The second-order valence-electron chi connectivity index (χ2n) is 7.54. The third-order valence-electron chi connectivity index (χ3n) is 5.10. The Labute approximate surface area is 132 Å². The van der Waals surface area contributed by atoms with Crippen LogP contribution in [-0.2, 0) is 0 Å². The van der Waals surface area contributed by atoms with E-state index in [1.54, 1.807) is 0 Å². The quantitative estimate of drug-likeness (QED) is 0.686. The van der Waals surface area contributed by atoms with Gasteiger partial charge in [0.05, 0.1) is 6.10 Å². The number of aliphatic hydroxyl groups excluding tert-OH is 1. The Bertz CT molecular complexity index is 268. The van der Waals surface area contributed by atoms with Crippen LogP contribution in [0.15, 0.2) is 0 Å². The Kier molecular flexibility index (Phi) is 8.84. The van der Waals surface area contributed by atoms with Crippen LogP contribution in [0.1, 0.15) is 59.8 Å². The lowest BCUT2D eigenvalue weighted by molar-refractivity contribution is 0.118. The maximum absolute atomic E-state index is 9.45. The van der Waals surface area contributed by atoms with Gasteiger partial charge in [-0.05, 0) is 70.4 Å². The zero-order chi connectivity index (χ0) is 15.8. The number of hydrogen-bond donors (Lipinski definition) is 2. The highest BCUT2D eigenvalue weighted by Gasteiger charge is 2.31. The van der Waals surface area contributed by atoms with Crippen molar-refractivity contribution < 1.29 is 5.11 Å². The summed E-state index contributed by atoms with van der Waals surface area (Å²) < 4.78 is 0. The molecule has 126 valence electrons. The maximum atomic E-state index is 9.45. The van der Waals surface area contributed by atoms with E-state index in [0.717, 1.165) is 43.8 Å². The van der Waals surface area contributed by atoms with E-state index in [0.29, 0.717) is 6.04 Å². The molecule has 3 nitrogen and oxygen atoms in total. The summed E-state index contributed by atoms with van der Waals surface area (Å²) in [6, 6.07) is 0.689. The molecule has 4 unspecified atom stereocenters. The molecule has 1 rings (SSSR count). The summed E-state index contributed by atoms with van der Waals surface area (Å²) in [4.78, 5) is 2.42. The van der Waals surface area contributed by atoms with Crippen LogP contribution in [0.25, 0.3) is 0 Å². The third-order valence-corrected chi connectivity index (χ3v) is 5.10. The predicted octanol–water partition coefficient (Wildman–Crippen LogP) is 3.13. The SMILES string of the molecule is CCCNC1CCC(C(C)C)CC1CN(C)CCC(C)O. The number of aliphatic hydroxyl groups is 1. The van der Waals surface area contributed by atoms with E-state index in [9.17, 15) is 5.11 Å². The van der Waals surface area contributed by atoms with Crippen molar-refractivity contribution in [3.8, 4) is 0 Å². The minimum atomic E-state index is -0.184. The molecule has 4 atom stereocenters. The molecule has 0 radical (unpaired) electrons. The summed E-state index contributed by atoms with van der Waals surface area (Å²) in [5.74, 6) is 2.46. The van der Waals surface area contributed by atoms with Crippen molar-refractivity contribution in [2.45, 2.75) is 71.9 Å². The molecule has 1 aliphatic carbocycles. The van der Waals surface area contributed by atoms with Crippen LogP contribution in [0.4, 0.5) is 0 Å². The molecular weight excluding hydrogens is 260 g/mol. The second-order valence-corrected chi connectivity index (χ2v) is 7.54. The van der Waals surface area contributed by atoms with Crippen LogP contribution < -0.4 is 5.32 Å². The summed E-state index contributed by atoms with van der Waals surface area (Å²) >= 11 is 0. The molecule has 0 amide bonds. The van der Waals surface area contributed by atoms with Crippen molar-refractivity contribution in [1.29, 1.82) is 0 Å². The van der Waals surface area contributed by atoms with Crippen LogP contribution in [0.5, 0.6) is 0 Å². The number of rotatable bonds is 9. The molecule has 0 spiro atoms. The van der Waals surface area contributed by atoms with E-state index < -0.39 is 0 Å².